The van der Waals surface area contributed by atoms with Crippen LogP contribution >= 0.6 is 0 Å². The third kappa shape index (κ3) is 4.77. The minimum absolute atomic E-state index is 0.392. The monoisotopic (exact) mass is 317 g/mol. The maximum atomic E-state index is 12.2. The summed E-state index contributed by atoms with van der Waals surface area (Å²) in [6.07, 6.45) is -0.501. The Morgan fingerprint density at radius 2 is 1.78 bits per heavy atom. The van der Waals surface area contributed by atoms with Crippen LogP contribution in [0.3, 0.4) is 0 Å². The second-order valence-corrected chi connectivity index (χ2v) is 6.35. The van der Waals surface area contributed by atoms with Gasteiger partial charge in [-0.3, -0.25) is 0 Å². The summed E-state index contributed by atoms with van der Waals surface area (Å²) in [5, 5.41) is 2.85. The fourth-order valence-electron chi connectivity index (χ4n) is 2.10. The maximum absolute atomic E-state index is 12.2. The average molecular weight is 317 g/mol. The SMILES string of the molecule is COc1ccc(C(NC(=O)OC(C)(C)C)c2ccc(C)cc2)o1. The van der Waals surface area contributed by atoms with Crippen molar-refractivity contribution < 1.29 is 18.7 Å². The van der Waals surface area contributed by atoms with Crippen LogP contribution in [-0.2, 0) is 4.74 Å². The molecule has 0 aliphatic rings. The van der Waals surface area contributed by atoms with Crippen LogP contribution in [0.5, 0.6) is 5.95 Å². The van der Waals surface area contributed by atoms with E-state index in [1.807, 2.05) is 52.0 Å². The number of ether oxygens (including phenoxy) is 2. The lowest BCUT2D eigenvalue weighted by molar-refractivity contribution is 0.0506. The molecule has 2 rings (SSSR count). The van der Waals surface area contributed by atoms with Gasteiger partial charge in [-0.05, 0) is 39.3 Å². The molecule has 1 heterocycles. The molecule has 1 aromatic carbocycles. The molecular formula is C18H23NO4. The Bertz CT molecular complexity index is 652. The summed E-state index contributed by atoms with van der Waals surface area (Å²) >= 11 is 0. The van der Waals surface area contributed by atoms with Gasteiger partial charge in [-0.2, -0.15) is 0 Å². The van der Waals surface area contributed by atoms with Gasteiger partial charge in [0.25, 0.3) is 5.95 Å². The number of furan rings is 1. The molecule has 0 saturated carbocycles. The molecule has 124 valence electrons. The number of amides is 1. The van der Waals surface area contributed by atoms with Crippen molar-refractivity contribution in [2.24, 2.45) is 0 Å². The van der Waals surface area contributed by atoms with Crippen molar-refractivity contribution in [1.82, 2.24) is 5.32 Å². The molecule has 1 atom stereocenters. The van der Waals surface area contributed by atoms with Crippen LogP contribution in [0.25, 0.3) is 0 Å². The van der Waals surface area contributed by atoms with Crippen LogP contribution in [0.2, 0.25) is 0 Å². The van der Waals surface area contributed by atoms with E-state index < -0.39 is 17.7 Å². The third-order valence-electron chi connectivity index (χ3n) is 3.16. The highest BCUT2D eigenvalue weighted by Crippen LogP contribution is 2.27. The molecule has 0 bridgehead atoms. The molecule has 0 fully saturated rings. The van der Waals surface area contributed by atoms with Crippen molar-refractivity contribution >= 4 is 6.09 Å². The van der Waals surface area contributed by atoms with Gasteiger partial charge in [0.15, 0.2) is 0 Å². The zero-order valence-corrected chi connectivity index (χ0v) is 14.2. The molecule has 1 aromatic heterocycles. The van der Waals surface area contributed by atoms with E-state index in [-0.39, 0.29) is 0 Å². The number of carbonyl (C=O) groups excluding carboxylic acids is 1. The number of carbonyl (C=O) groups is 1. The van der Waals surface area contributed by atoms with Crippen LogP contribution in [0, 0.1) is 6.92 Å². The van der Waals surface area contributed by atoms with E-state index in [2.05, 4.69) is 5.32 Å². The Balaban J connectivity index is 2.27. The summed E-state index contributed by atoms with van der Waals surface area (Å²) in [7, 11) is 1.53. The molecule has 1 amide bonds. The molecule has 0 saturated heterocycles. The van der Waals surface area contributed by atoms with Gasteiger partial charge in [0.05, 0.1) is 7.11 Å². The highest BCUT2D eigenvalue weighted by atomic mass is 16.6. The van der Waals surface area contributed by atoms with Gasteiger partial charge in [-0.15, -0.1) is 0 Å². The van der Waals surface area contributed by atoms with Crippen LogP contribution in [0.15, 0.2) is 40.8 Å². The minimum Gasteiger partial charge on any atom is -0.468 e. The van der Waals surface area contributed by atoms with E-state index in [4.69, 9.17) is 13.9 Å². The zero-order chi connectivity index (χ0) is 17.0. The molecule has 1 N–H and O–H groups in total. The molecule has 23 heavy (non-hydrogen) atoms. The summed E-state index contributed by atoms with van der Waals surface area (Å²) in [5.74, 6) is 0.972. The number of rotatable bonds is 4. The fourth-order valence-corrected chi connectivity index (χ4v) is 2.10. The first kappa shape index (κ1) is 16.9. The van der Waals surface area contributed by atoms with Gasteiger partial charge in [0.2, 0.25) is 0 Å². The number of alkyl carbamates (subject to hydrolysis) is 1. The molecule has 0 aliphatic heterocycles. The van der Waals surface area contributed by atoms with Gasteiger partial charge in [-0.1, -0.05) is 29.8 Å². The van der Waals surface area contributed by atoms with Gasteiger partial charge < -0.3 is 19.2 Å². The Labute approximate surface area is 136 Å². The molecule has 5 nitrogen and oxygen atoms in total. The number of hydrogen-bond acceptors (Lipinski definition) is 4. The molecule has 0 radical (unpaired) electrons. The molecule has 1 unspecified atom stereocenters. The second-order valence-electron chi connectivity index (χ2n) is 6.35. The fraction of sp³-hybridized carbons (Fsp3) is 0.389. The predicted molar refractivity (Wildman–Crippen MR) is 87.7 cm³/mol. The molecule has 2 aromatic rings. The first-order valence-electron chi connectivity index (χ1n) is 7.48. The van der Waals surface area contributed by atoms with Crippen molar-refractivity contribution in [3.05, 3.63) is 53.3 Å². The number of hydrogen-bond donors (Lipinski definition) is 1. The van der Waals surface area contributed by atoms with E-state index in [1.54, 1.807) is 12.1 Å². The van der Waals surface area contributed by atoms with E-state index in [1.165, 1.54) is 7.11 Å². The van der Waals surface area contributed by atoms with Gasteiger partial charge >= 0.3 is 6.09 Å². The quantitative estimate of drug-likeness (QED) is 0.917. The Morgan fingerprint density at radius 1 is 1.13 bits per heavy atom. The number of methoxy groups -OCH3 is 1. The molecule has 5 heteroatoms. The predicted octanol–water partition coefficient (Wildman–Crippen LogP) is 4.21. The Kier molecular flexibility index (Phi) is 4.98. The Morgan fingerprint density at radius 3 is 2.30 bits per heavy atom. The van der Waals surface area contributed by atoms with E-state index in [9.17, 15) is 4.79 Å². The van der Waals surface area contributed by atoms with Crippen molar-refractivity contribution in [3.63, 3.8) is 0 Å². The van der Waals surface area contributed by atoms with E-state index in [0.29, 0.717) is 11.7 Å². The van der Waals surface area contributed by atoms with Crippen LogP contribution in [0.4, 0.5) is 4.79 Å². The highest BCUT2D eigenvalue weighted by Gasteiger charge is 2.24. The molecular weight excluding hydrogens is 294 g/mol. The lowest BCUT2D eigenvalue weighted by Gasteiger charge is -2.23. The lowest BCUT2D eigenvalue weighted by atomic mass is 10.0. The van der Waals surface area contributed by atoms with E-state index >= 15 is 0 Å². The zero-order valence-electron chi connectivity index (χ0n) is 14.2. The van der Waals surface area contributed by atoms with Gasteiger partial charge in [0.1, 0.15) is 17.4 Å². The normalized spacial score (nSPS) is 12.6. The average Bonchev–Trinajstić information content (AvgIpc) is 2.92. The first-order valence-corrected chi connectivity index (χ1v) is 7.48. The van der Waals surface area contributed by atoms with Gasteiger partial charge in [-0.25, -0.2) is 4.79 Å². The summed E-state index contributed by atoms with van der Waals surface area (Å²) in [5.41, 5.74) is 1.48. The number of nitrogens with one attached hydrogen (secondary N) is 1. The summed E-state index contributed by atoms with van der Waals surface area (Å²) in [6.45, 7) is 7.48. The highest BCUT2D eigenvalue weighted by molar-refractivity contribution is 5.69. The number of benzene rings is 1. The van der Waals surface area contributed by atoms with Crippen molar-refractivity contribution in [2.45, 2.75) is 39.3 Å². The van der Waals surface area contributed by atoms with E-state index in [0.717, 1.165) is 11.1 Å². The summed E-state index contributed by atoms with van der Waals surface area (Å²) in [4.78, 5) is 12.2. The summed E-state index contributed by atoms with van der Waals surface area (Å²) in [6, 6.07) is 10.9. The standard InChI is InChI=1S/C18H23NO4/c1-12-6-8-13(9-7-12)16(14-10-11-15(21-5)22-14)19-17(20)23-18(2,3)4/h6-11,16H,1-5H3,(H,19,20). The third-order valence-corrected chi connectivity index (χ3v) is 3.16. The van der Waals surface area contributed by atoms with Crippen LogP contribution < -0.4 is 10.1 Å². The second kappa shape index (κ2) is 6.77. The minimum atomic E-state index is -0.567. The molecule has 0 aliphatic carbocycles. The maximum Gasteiger partial charge on any atom is 0.408 e. The van der Waals surface area contributed by atoms with Crippen molar-refractivity contribution in [2.75, 3.05) is 7.11 Å². The lowest BCUT2D eigenvalue weighted by Crippen LogP contribution is -2.35. The van der Waals surface area contributed by atoms with Crippen LogP contribution in [-0.4, -0.2) is 18.8 Å². The van der Waals surface area contributed by atoms with Crippen molar-refractivity contribution in [3.8, 4) is 5.95 Å². The molecule has 0 spiro atoms. The topological polar surface area (TPSA) is 60.7 Å². The first-order chi connectivity index (χ1) is 10.8. The number of aryl methyl sites for hydroxylation is 1. The largest absolute Gasteiger partial charge is 0.468 e. The van der Waals surface area contributed by atoms with Crippen LogP contribution in [0.1, 0.15) is 43.7 Å². The Hall–Kier alpha value is -2.43. The summed E-state index contributed by atoms with van der Waals surface area (Å²) < 4.78 is 16.0. The van der Waals surface area contributed by atoms with Crippen molar-refractivity contribution in [1.29, 1.82) is 0 Å². The smallest absolute Gasteiger partial charge is 0.408 e. The van der Waals surface area contributed by atoms with Gasteiger partial charge in [0, 0.05) is 6.07 Å².